The van der Waals surface area contributed by atoms with Crippen molar-refractivity contribution in [3.05, 3.63) is 34.3 Å². The minimum Gasteiger partial charge on any atom is -0.330 e. The summed E-state index contributed by atoms with van der Waals surface area (Å²) in [5.41, 5.74) is 7.40. The predicted molar refractivity (Wildman–Crippen MR) is 80.5 cm³/mol. The molecule has 1 aromatic rings. The van der Waals surface area contributed by atoms with E-state index in [4.69, 9.17) is 5.73 Å². The third-order valence-electron chi connectivity index (χ3n) is 3.89. The molecule has 2 atom stereocenters. The normalized spacial score (nSPS) is 25.3. The van der Waals surface area contributed by atoms with Crippen molar-refractivity contribution < 1.29 is 0 Å². The van der Waals surface area contributed by atoms with Crippen molar-refractivity contribution in [1.29, 1.82) is 0 Å². The fraction of sp³-hybridized carbons (Fsp3) is 0.600. The number of hydrogen-bond acceptors (Lipinski definition) is 2. The molecule has 0 aromatic heterocycles. The summed E-state index contributed by atoms with van der Waals surface area (Å²) in [7, 11) is 0. The van der Waals surface area contributed by atoms with Gasteiger partial charge in [-0.3, -0.25) is 4.90 Å². The zero-order chi connectivity index (χ0) is 13.0. The molecule has 3 heteroatoms. The van der Waals surface area contributed by atoms with E-state index >= 15 is 0 Å². The van der Waals surface area contributed by atoms with E-state index in [-0.39, 0.29) is 0 Å². The smallest absolute Gasteiger partial charge is 0.0388 e. The van der Waals surface area contributed by atoms with Gasteiger partial charge in [0.1, 0.15) is 0 Å². The second-order valence-corrected chi connectivity index (χ2v) is 6.09. The molecule has 2 nitrogen and oxygen atoms in total. The molecule has 0 amide bonds. The number of nitrogens with zero attached hydrogens (tertiary/aromatic N) is 1. The van der Waals surface area contributed by atoms with E-state index in [1.165, 1.54) is 37.9 Å². The van der Waals surface area contributed by atoms with Gasteiger partial charge < -0.3 is 5.73 Å². The van der Waals surface area contributed by atoms with Gasteiger partial charge in [0, 0.05) is 10.5 Å². The minimum absolute atomic E-state index is 0.511. The topological polar surface area (TPSA) is 29.3 Å². The lowest BCUT2D eigenvalue weighted by Crippen LogP contribution is -2.41. The van der Waals surface area contributed by atoms with Crippen molar-refractivity contribution in [3.8, 4) is 0 Å². The third kappa shape index (κ3) is 3.14. The number of benzene rings is 1. The number of halogens is 1. The Labute approximate surface area is 119 Å². The van der Waals surface area contributed by atoms with Crippen molar-refractivity contribution >= 4 is 15.9 Å². The first kappa shape index (κ1) is 14.0. The van der Waals surface area contributed by atoms with Gasteiger partial charge in [0.2, 0.25) is 0 Å². The van der Waals surface area contributed by atoms with E-state index in [1.807, 2.05) is 0 Å². The number of rotatable bonds is 4. The first-order valence-electron chi connectivity index (χ1n) is 6.95. The molecule has 1 aliphatic heterocycles. The Hall–Kier alpha value is -0.380. The average molecular weight is 311 g/mol. The van der Waals surface area contributed by atoms with Crippen LogP contribution in [0, 0.1) is 5.92 Å². The summed E-state index contributed by atoms with van der Waals surface area (Å²) < 4.78 is 1.15. The summed E-state index contributed by atoms with van der Waals surface area (Å²) in [6.45, 7) is 5.44. The summed E-state index contributed by atoms with van der Waals surface area (Å²) in [5.74, 6) is 0.603. The van der Waals surface area contributed by atoms with Crippen LogP contribution in [0.3, 0.4) is 0 Å². The minimum atomic E-state index is 0.511. The highest BCUT2D eigenvalue weighted by Gasteiger charge is 2.30. The summed E-state index contributed by atoms with van der Waals surface area (Å²) in [5, 5.41) is 0. The molecule has 2 unspecified atom stereocenters. The van der Waals surface area contributed by atoms with E-state index < -0.39 is 0 Å². The van der Waals surface area contributed by atoms with E-state index in [9.17, 15) is 0 Å². The first-order chi connectivity index (χ1) is 8.76. The van der Waals surface area contributed by atoms with Crippen LogP contribution in [0.15, 0.2) is 28.7 Å². The number of nitrogens with two attached hydrogens (primary N) is 1. The second-order valence-electron chi connectivity index (χ2n) is 5.17. The van der Waals surface area contributed by atoms with Gasteiger partial charge >= 0.3 is 0 Å². The molecule has 100 valence electrons. The lowest BCUT2D eigenvalue weighted by atomic mass is 9.84. The molecule has 0 radical (unpaired) electrons. The highest BCUT2D eigenvalue weighted by molar-refractivity contribution is 9.10. The fourth-order valence-electron chi connectivity index (χ4n) is 3.08. The third-order valence-corrected chi connectivity index (χ3v) is 4.41. The van der Waals surface area contributed by atoms with Gasteiger partial charge in [0.05, 0.1) is 0 Å². The fourth-order valence-corrected chi connectivity index (χ4v) is 3.34. The molecule has 2 N–H and O–H groups in total. The van der Waals surface area contributed by atoms with Crippen LogP contribution in [0.25, 0.3) is 0 Å². The van der Waals surface area contributed by atoms with Gasteiger partial charge in [-0.15, -0.1) is 0 Å². The van der Waals surface area contributed by atoms with Crippen LogP contribution in [0.5, 0.6) is 0 Å². The Morgan fingerprint density at radius 1 is 1.33 bits per heavy atom. The van der Waals surface area contributed by atoms with Gasteiger partial charge in [-0.2, -0.15) is 0 Å². The standard InChI is InChI=1S/C15H23BrN2/c1-2-9-18-10-3-4-13(11-17)15(18)12-5-7-14(16)8-6-12/h5-8,13,15H,2-4,9-11,17H2,1H3. The van der Waals surface area contributed by atoms with E-state index in [0.29, 0.717) is 12.0 Å². The number of piperidine rings is 1. The largest absolute Gasteiger partial charge is 0.330 e. The van der Waals surface area contributed by atoms with Crippen LogP contribution >= 0.6 is 15.9 Å². The lowest BCUT2D eigenvalue weighted by molar-refractivity contribution is 0.0960. The molecule has 0 saturated carbocycles. The number of likely N-dealkylation sites (tertiary alicyclic amines) is 1. The Bertz CT molecular complexity index is 361. The molecule has 2 rings (SSSR count). The van der Waals surface area contributed by atoms with Gasteiger partial charge in [-0.05, 0) is 62.5 Å². The molecule has 0 aliphatic carbocycles. The maximum atomic E-state index is 5.98. The molecule has 1 aliphatic rings. The maximum absolute atomic E-state index is 5.98. The molecule has 0 bridgehead atoms. The Kier molecular flexibility index (Phi) is 5.22. The molecule has 0 spiro atoms. The molecule has 1 fully saturated rings. The van der Waals surface area contributed by atoms with Crippen LogP contribution in [-0.4, -0.2) is 24.5 Å². The lowest BCUT2D eigenvalue weighted by Gasteiger charge is -2.41. The van der Waals surface area contributed by atoms with Crippen molar-refractivity contribution in [2.24, 2.45) is 11.7 Å². The molecular weight excluding hydrogens is 288 g/mol. The van der Waals surface area contributed by atoms with Gasteiger partial charge in [-0.25, -0.2) is 0 Å². The molecular formula is C15H23BrN2. The van der Waals surface area contributed by atoms with Crippen molar-refractivity contribution in [3.63, 3.8) is 0 Å². The van der Waals surface area contributed by atoms with Crippen molar-refractivity contribution in [2.75, 3.05) is 19.6 Å². The van der Waals surface area contributed by atoms with Crippen LogP contribution in [0.1, 0.15) is 37.8 Å². The quantitative estimate of drug-likeness (QED) is 0.921. The van der Waals surface area contributed by atoms with Crippen LogP contribution < -0.4 is 5.73 Å². The summed E-state index contributed by atoms with van der Waals surface area (Å²) >= 11 is 3.51. The summed E-state index contributed by atoms with van der Waals surface area (Å²) in [4.78, 5) is 2.62. The highest BCUT2D eigenvalue weighted by atomic mass is 79.9. The second kappa shape index (κ2) is 6.69. The Balaban J connectivity index is 2.24. The molecule has 1 heterocycles. The SMILES string of the molecule is CCCN1CCCC(CN)C1c1ccc(Br)cc1. The zero-order valence-corrected chi connectivity index (χ0v) is 12.7. The van der Waals surface area contributed by atoms with E-state index in [0.717, 1.165) is 11.0 Å². The maximum Gasteiger partial charge on any atom is 0.0388 e. The number of hydrogen-bond donors (Lipinski definition) is 1. The van der Waals surface area contributed by atoms with E-state index in [2.05, 4.69) is 52.0 Å². The molecule has 1 saturated heterocycles. The zero-order valence-electron chi connectivity index (χ0n) is 11.1. The van der Waals surface area contributed by atoms with Crippen LogP contribution in [0.4, 0.5) is 0 Å². The Morgan fingerprint density at radius 2 is 2.06 bits per heavy atom. The monoisotopic (exact) mass is 310 g/mol. The molecule has 18 heavy (non-hydrogen) atoms. The first-order valence-corrected chi connectivity index (χ1v) is 7.75. The van der Waals surface area contributed by atoms with Crippen LogP contribution in [0.2, 0.25) is 0 Å². The molecule has 1 aromatic carbocycles. The predicted octanol–water partition coefficient (Wildman–Crippen LogP) is 3.57. The average Bonchev–Trinajstić information content (AvgIpc) is 2.40. The van der Waals surface area contributed by atoms with Gasteiger partial charge in [0.15, 0.2) is 0 Å². The van der Waals surface area contributed by atoms with Crippen molar-refractivity contribution in [2.45, 2.75) is 32.2 Å². The summed E-state index contributed by atoms with van der Waals surface area (Å²) in [6.07, 6.45) is 3.76. The summed E-state index contributed by atoms with van der Waals surface area (Å²) in [6, 6.07) is 9.27. The Morgan fingerprint density at radius 3 is 2.67 bits per heavy atom. The van der Waals surface area contributed by atoms with Crippen LogP contribution in [-0.2, 0) is 0 Å². The van der Waals surface area contributed by atoms with E-state index in [1.54, 1.807) is 0 Å². The van der Waals surface area contributed by atoms with Gasteiger partial charge in [0.25, 0.3) is 0 Å². The van der Waals surface area contributed by atoms with Crippen molar-refractivity contribution in [1.82, 2.24) is 4.90 Å². The van der Waals surface area contributed by atoms with Gasteiger partial charge in [-0.1, -0.05) is 35.0 Å². The highest BCUT2D eigenvalue weighted by Crippen LogP contribution is 2.35.